The Kier molecular flexibility index (Phi) is 2.97. The number of hydrogen-bond acceptors (Lipinski definition) is 4. The second-order valence-electron chi connectivity index (χ2n) is 4.26. The van der Waals surface area contributed by atoms with Crippen LogP contribution in [-0.4, -0.2) is 24.9 Å². The third-order valence-corrected chi connectivity index (χ3v) is 3.08. The number of aliphatic hydroxyl groups excluding tert-OH is 1. The van der Waals surface area contributed by atoms with Crippen molar-refractivity contribution in [1.29, 1.82) is 0 Å². The molecule has 2 aromatic heterocycles. The van der Waals surface area contributed by atoms with Gasteiger partial charge in [0.15, 0.2) is 0 Å². The van der Waals surface area contributed by atoms with Crippen LogP contribution in [0.15, 0.2) is 42.7 Å². The van der Waals surface area contributed by atoms with Crippen LogP contribution in [0.1, 0.15) is 24.4 Å². The van der Waals surface area contributed by atoms with Crippen LogP contribution >= 0.6 is 0 Å². The highest BCUT2D eigenvalue weighted by molar-refractivity contribution is 5.73. The van der Waals surface area contributed by atoms with Crippen LogP contribution in [-0.2, 0) is 6.54 Å². The molecule has 2 heterocycles. The molecule has 0 aliphatic rings. The average Bonchev–Trinajstić information content (AvgIpc) is 2.94. The van der Waals surface area contributed by atoms with E-state index in [1.165, 1.54) is 0 Å². The maximum absolute atomic E-state index is 10.4. The summed E-state index contributed by atoms with van der Waals surface area (Å²) in [5.41, 5.74) is 2.87. The first-order valence-corrected chi connectivity index (χ1v) is 6.21. The number of fused-ring (bicyclic) bond motifs is 1. The van der Waals surface area contributed by atoms with Crippen molar-refractivity contribution in [3.05, 3.63) is 54.1 Å². The van der Waals surface area contributed by atoms with Crippen molar-refractivity contribution in [2.45, 2.75) is 19.6 Å². The van der Waals surface area contributed by atoms with Gasteiger partial charge in [0.05, 0.1) is 28.6 Å². The fourth-order valence-corrected chi connectivity index (χ4v) is 2.09. The second kappa shape index (κ2) is 4.78. The van der Waals surface area contributed by atoms with Crippen molar-refractivity contribution in [3.8, 4) is 0 Å². The lowest BCUT2D eigenvalue weighted by Gasteiger charge is -2.12. The minimum absolute atomic E-state index is 0.536. The fourth-order valence-electron chi connectivity index (χ4n) is 2.09. The highest BCUT2D eigenvalue weighted by Crippen LogP contribution is 2.21. The van der Waals surface area contributed by atoms with E-state index < -0.39 is 6.10 Å². The van der Waals surface area contributed by atoms with Gasteiger partial charge in [0.25, 0.3) is 0 Å². The molecule has 0 saturated heterocycles. The highest BCUT2D eigenvalue weighted by atomic mass is 16.3. The van der Waals surface area contributed by atoms with Gasteiger partial charge in [0, 0.05) is 12.7 Å². The Balaban J connectivity index is 2.04. The molecular formula is C14H14N4O. The van der Waals surface area contributed by atoms with Crippen LogP contribution in [0.4, 0.5) is 0 Å². The van der Waals surface area contributed by atoms with Crippen LogP contribution < -0.4 is 0 Å². The summed E-state index contributed by atoms with van der Waals surface area (Å²) < 4.78 is 1.75. The molecule has 1 N–H and O–H groups in total. The lowest BCUT2D eigenvalue weighted by Crippen LogP contribution is -2.10. The zero-order valence-corrected chi connectivity index (χ0v) is 10.6. The Labute approximate surface area is 110 Å². The van der Waals surface area contributed by atoms with E-state index in [0.717, 1.165) is 16.7 Å². The van der Waals surface area contributed by atoms with E-state index in [-0.39, 0.29) is 0 Å². The van der Waals surface area contributed by atoms with Gasteiger partial charge >= 0.3 is 0 Å². The van der Waals surface area contributed by atoms with Crippen molar-refractivity contribution in [2.24, 2.45) is 0 Å². The fraction of sp³-hybridized carbons (Fsp3) is 0.214. The van der Waals surface area contributed by atoms with Crippen molar-refractivity contribution in [1.82, 2.24) is 19.7 Å². The topological polar surface area (TPSA) is 63.8 Å². The Bertz CT molecular complexity index is 707. The van der Waals surface area contributed by atoms with E-state index in [2.05, 4.69) is 15.1 Å². The first kappa shape index (κ1) is 11.8. The molecule has 0 amide bonds. The van der Waals surface area contributed by atoms with Crippen molar-refractivity contribution >= 4 is 11.0 Å². The van der Waals surface area contributed by atoms with Gasteiger partial charge in [-0.15, -0.1) is 0 Å². The van der Waals surface area contributed by atoms with E-state index in [0.29, 0.717) is 12.2 Å². The monoisotopic (exact) mass is 254 g/mol. The molecule has 0 aliphatic heterocycles. The normalized spacial score (nSPS) is 12.7. The smallest absolute Gasteiger partial charge is 0.139 e. The van der Waals surface area contributed by atoms with Gasteiger partial charge in [-0.2, -0.15) is 5.10 Å². The molecule has 5 heteroatoms. The van der Waals surface area contributed by atoms with Gasteiger partial charge in [0.2, 0.25) is 0 Å². The average molecular weight is 254 g/mol. The first-order valence-electron chi connectivity index (χ1n) is 6.21. The summed E-state index contributed by atoms with van der Waals surface area (Å²) >= 11 is 0. The van der Waals surface area contributed by atoms with E-state index >= 15 is 0 Å². The maximum Gasteiger partial charge on any atom is 0.139 e. The maximum atomic E-state index is 10.4. The minimum atomic E-state index is -0.806. The van der Waals surface area contributed by atoms with Crippen LogP contribution in [0.25, 0.3) is 11.0 Å². The van der Waals surface area contributed by atoms with Crippen molar-refractivity contribution in [2.75, 3.05) is 0 Å². The molecule has 0 spiro atoms. The van der Waals surface area contributed by atoms with Gasteiger partial charge in [-0.1, -0.05) is 12.1 Å². The van der Waals surface area contributed by atoms with Crippen LogP contribution in [0.5, 0.6) is 0 Å². The molecule has 3 aromatic rings. The van der Waals surface area contributed by atoms with E-state index in [1.54, 1.807) is 23.1 Å². The SMILES string of the molecule is CCn1nccc1C(O)c1cnc2ccccc2n1. The molecule has 3 rings (SSSR count). The molecule has 19 heavy (non-hydrogen) atoms. The molecular weight excluding hydrogens is 240 g/mol. The lowest BCUT2D eigenvalue weighted by atomic mass is 10.2. The molecule has 0 bridgehead atoms. The van der Waals surface area contributed by atoms with Gasteiger partial charge in [-0.25, -0.2) is 4.98 Å². The van der Waals surface area contributed by atoms with Crippen LogP contribution in [0.2, 0.25) is 0 Å². The van der Waals surface area contributed by atoms with Gasteiger partial charge in [0.1, 0.15) is 6.10 Å². The quantitative estimate of drug-likeness (QED) is 0.775. The highest BCUT2D eigenvalue weighted by Gasteiger charge is 2.16. The number of aliphatic hydroxyl groups is 1. The molecule has 1 unspecified atom stereocenters. The zero-order valence-electron chi connectivity index (χ0n) is 10.6. The molecule has 0 saturated carbocycles. The Hall–Kier alpha value is -2.27. The Morgan fingerprint density at radius 3 is 2.79 bits per heavy atom. The van der Waals surface area contributed by atoms with Crippen LogP contribution in [0.3, 0.4) is 0 Å². The van der Waals surface area contributed by atoms with E-state index in [9.17, 15) is 5.11 Å². The molecule has 1 aromatic carbocycles. The third kappa shape index (κ3) is 2.08. The predicted octanol–water partition coefficient (Wildman–Crippen LogP) is 1.93. The standard InChI is InChI=1S/C14H14N4O/c1-2-18-13(7-8-16-18)14(19)12-9-15-10-5-3-4-6-11(10)17-12/h3-9,14,19H,2H2,1H3. The minimum Gasteiger partial charge on any atom is -0.380 e. The van der Waals surface area contributed by atoms with Crippen molar-refractivity contribution < 1.29 is 5.11 Å². The van der Waals surface area contributed by atoms with Gasteiger partial charge in [-0.05, 0) is 25.1 Å². The summed E-state index contributed by atoms with van der Waals surface area (Å²) in [6.07, 6.45) is 2.48. The molecule has 1 atom stereocenters. The molecule has 96 valence electrons. The number of benzene rings is 1. The summed E-state index contributed by atoms with van der Waals surface area (Å²) in [5.74, 6) is 0. The van der Waals surface area contributed by atoms with E-state index in [1.807, 2.05) is 31.2 Å². The van der Waals surface area contributed by atoms with E-state index in [4.69, 9.17) is 0 Å². The van der Waals surface area contributed by atoms with Crippen LogP contribution in [0, 0.1) is 0 Å². The molecule has 5 nitrogen and oxygen atoms in total. The summed E-state index contributed by atoms with van der Waals surface area (Å²) in [4.78, 5) is 8.77. The largest absolute Gasteiger partial charge is 0.380 e. The first-order chi connectivity index (χ1) is 9.29. The van der Waals surface area contributed by atoms with Crippen molar-refractivity contribution in [3.63, 3.8) is 0 Å². The number of aromatic nitrogens is 4. The predicted molar refractivity (Wildman–Crippen MR) is 71.5 cm³/mol. The summed E-state index contributed by atoms with van der Waals surface area (Å²) in [6, 6.07) is 9.40. The number of rotatable bonds is 3. The lowest BCUT2D eigenvalue weighted by molar-refractivity contribution is 0.203. The Morgan fingerprint density at radius 2 is 2.00 bits per heavy atom. The summed E-state index contributed by atoms with van der Waals surface area (Å²) in [5, 5.41) is 14.5. The second-order valence-corrected chi connectivity index (χ2v) is 4.26. The van der Waals surface area contributed by atoms with Gasteiger partial charge in [-0.3, -0.25) is 9.67 Å². The number of nitrogens with zero attached hydrogens (tertiary/aromatic N) is 4. The Morgan fingerprint density at radius 1 is 1.21 bits per heavy atom. The summed E-state index contributed by atoms with van der Waals surface area (Å²) in [6.45, 7) is 2.69. The number of para-hydroxylation sites is 2. The molecule has 0 aliphatic carbocycles. The van der Waals surface area contributed by atoms with Gasteiger partial charge < -0.3 is 5.11 Å². The zero-order chi connectivity index (χ0) is 13.2. The molecule has 0 radical (unpaired) electrons. The third-order valence-electron chi connectivity index (χ3n) is 3.08. The summed E-state index contributed by atoms with van der Waals surface area (Å²) in [7, 11) is 0. The molecule has 0 fully saturated rings. The number of hydrogen-bond donors (Lipinski definition) is 1. The number of aryl methyl sites for hydroxylation is 1.